The van der Waals surface area contributed by atoms with E-state index in [9.17, 15) is 14.7 Å². The molecule has 0 saturated heterocycles. The molecule has 0 aliphatic heterocycles. The number of carboxylic acids is 1. The average Bonchev–Trinajstić information content (AvgIpc) is 2.65. The lowest BCUT2D eigenvalue weighted by Gasteiger charge is -2.24. The van der Waals surface area contributed by atoms with Gasteiger partial charge in [-0.2, -0.15) is 0 Å². The van der Waals surface area contributed by atoms with Gasteiger partial charge in [-0.1, -0.05) is 34.6 Å². The summed E-state index contributed by atoms with van der Waals surface area (Å²) in [6.07, 6.45) is 2.67. The highest BCUT2D eigenvalue weighted by molar-refractivity contribution is 5.76. The molecule has 5 nitrogen and oxygen atoms in total. The van der Waals surface area contributed by atoms with Crippen molar-refractivity contribution in [3.8, 4) is 0 Å². The van der Waals surface area contributed by atoms with Crippen LogP contribution in [-0.2, 0) is 4.79 Å². The van der Waals surface area contributed by atoms with Gasteiger partial charge in [-0.3, -0.25) is 4.79 Å². The topological polar surface area (TPSA) is 78.4 Å². The minimum absolute atomic E-state index is 0.0728. The van der Waals surface area contributed by atoms with Crippen molar-refractivity contribution in [2.24, 2.45) is 23.2 Å². The van der Waals surface area contributed by atoms with Gasteiger partial charge in [-0.15, -0.1) is 0 Å². The predicted molar refractivity (Wildman–Crippen MR) is 83.1 cm³/mol. The van der Waals surface area contributed by atoms with E-state index in [-0.39, 0.29) is 24.0 Å². The van der Waals surface area contributed by atoms with E-state index in [1.807, 2.05) is 20.8 Å². The van der Waals surface area contributed by atoms with Gasteiger partial charge in [-0.25, -0.2) is 4.79 Å². The Morgan fingerprint density at radius 3 is 2.29 bits per heavy atom. The van der Waals surface area contributed by atoms with Crippen LogP contribution in [0.4, 0.5) is 4.79 Å². The first kappa shape index (κ1) is 17.8. The Kier molecular flexibility index (Phi) is 6.05. The normalized spacial score (nSPS) is 27.2. The van der Waals surface area contributed by atoms with Crippen LogP contribution in [0.3, 0.4) is 0 Å². The third kappa shape index (κ3) is 5.94. The van der Waals surface area contributed by atoms with Gasteiger partial charge in [0, 0.05) is 12.6 Å². The summed E-state index contributed by atoms with van der Waals surface area (Å²) in [6, 6.07) is -0.0491. The number of hydrogen-bond donors (Lipinski definition) is 3. The molecule has 1 fully saturated rings. The van der Waals surface area contributed by atoms with Gasteiger partial charge < -0.3 is 15.7 Å². The number of nitrogens with one attached hydrogen (secondary N) is 2. The maximum atomic E-state index is 11.9. The molecule has 4 atom stereocenters. The van der Waals surface area contributed by atoms with Crippen LogP contribution < -0.4 is 10.6 Å². The molecule has 3 N–H and O–H groups in total. The van der Waals surface area contributed by atoms with Crippen molar-refractivity contribution in [2.75, 3.05) is 6.54 Å². The van der Waals surface area contributed by atoms with Gasteiger partial charge in [0.1, 0.15) is 0 Å². The van der Waals surface area contributed by atoms with E-state index in [1.165, 1.54) is 0 Å². The van der Waals surface area contributed by atoms with Crippen molar-refractivity contribution < 1.29 is 14.7 Å². The molecule has 4 unspecified atom stereocenters. The van der Waals surface area contributed by atoms with Gasteiger partial charge >= 0.3 is 12.0 Å². The maximum Gasteiger partial charge on any atom is 0.315 e. The van der Waals surface area contributed by atoms with Crippen LogP contribution in [-0.4, -0.2) is 29.7 Å². The van der Waals surface area contributed by atoms with Crippen LogP contribution in [0.1, 0.15) is 53.9 Å². The van der Waals surface area contributed by atoms with E-state index >= 15 is 0 Å². The molecule has 122 valence electrons. The Morgan fingerprint density at radius 1 is 1.24 bits per heavy atom. The first-order valence-electron chi connectivity index (χ1n) is 7.87. The second kappa shape index (κ2) is 7.14. The Bertz CT molecular complexity index is 376. The molecular weight excluding hydrogens is 268 g/mol. The fourth-order valence-electron chi connectivity index (χ4n) is 2.99. The van der Waals surface area contributed by atoms with Crippen molar-refractivity contribution in [2.45, 2.75) is 59.9 Å². The minimum Gasteiger partial charge on any atom is -0.481 e. The molecule has 0 aromatic rings. The Hall–Kier alpha value is -1.26. The number of carboxylic acid groups (broad SMARTS) is 1. The molecule has 1 saturated carbocycles. The quantitative estimate of drug-likeness (QED) is 0.730. The van der Waals surface area contributed by atoms with E-state index in [0.717, 1.165) is 12.8 Å². The summed E-state index contributed by atoms with van der Waals surface area (Å²) in [4.78, 5) is 23.2. The van der Waals surface area contributed by atoms with Gasteiger partial charge in [0.05, 0.1) is 5.92 Å². The molecule has 1 aliphatic carbocycles. The molecule has 0 bridgehead atoms. The van der Waals surface area contributed by atoms with Gasteiger partial charge in [0.15, 0.2) is 0 Å². The molecule has 2 amide bonds. The Balaban J connectivity index is 2.42. The summed E-state index contributed by atoms with van der Waals surface area (Å²) < 4.78 is 0. The highest BCUT2D eigenvalue weighted by Gasteiger charge is 2.31. The molecule has 0 spiro atoms. The van der Waals surface area contributed by atoms with Crippen LogP contribution in [0.25, 0.3) is 0 Å². The van der Waals surface area contributed by atoms with E-state index in [0.29, 0.717) is 18.3 Å². The molecule has 0 aromatic heterocycles. The zero-order valence-corrected chi connectivity index (χ0v) is 13.9. The summed E-state index contributed by atoms with van der Waals surface area (Å²) in [7, 11) is 0. The fourth-order valence-corrected chi connectivity index (χ4v) is 2.99. The Morgan fingerprint density at radius 2 is 1.86 bits per heavy atom. The van der Waals surface area contributed by atoms with Crippen molar-refractivity contribution >= 4 is 12.0 Å². The highest BCUT2D eigenvalue weighted by Crippen LogP contribution is 2.31. The molecule has 0 radical (unpaired) electrons. The zero-order valence-electron chi connectivity index (χ0n) is 13.9. The predicted octanol–water partition coefficient (Wildman–Crippen LogP) is 2.86. The number of rotatable bonds is 5. The summed E-state index contributed by atoms with van der Waals surface area (Å²) >= 11 is 0. The summed E-state index contributed by atoms with van der Waals surface area (Å²) in [6.45, 7) is 10.5. The van der Waals surface area contributed by atoms with Crippen molar-refractivity contribution in [1.82, 2.24) is 10.6 Å². The maximum absolute atomic E-state index is 11.9. The molecule has 1 rings (SSSR count). The molecule has 21 heavy (non-hydrogen) atoms. The van der Waals surface area contributed by atoms with E-state index in [4.69, 9.17) is 0 Å². The van der Waals surface area contributed by atoms with E-state index < -0.39 is 11.9 Å². The second-order valence-electron chi connectivity index (χ2n) is 7.67. The first-order chi connectivity index (χ1) is 9.60. The van der Waals surface area contributed by atoms with E-state index in [2.05, 4.69) is 24.5 Å². The SMILES string of the molecule is CC1CCC(NC(=O)NCC(CC(C)(C)C)C(=O)O)C1C. The highest BCUT2D eigenvalue weighted by atomic mass is 16.4. The molecule has 1 aliphatic rings. The largest absolute Gasteiger partial charge is 0.481 e. The van der Waals surface area contributed by atoms with Gasteiger partial charge in [0.25, 0.3) is 0 Å². The summed E-state index contributed by atoms with van der Waals surface area (Å²) in [5.41, 5.74) is -0.0728. The second-order valence-corrected chi connectivity index (χ2v) is 7.67. The van der Waals surface area contributed by atoms with Crippen LogP contribution in [0.2, 0.25) is 0 Å². The number of amides is 2. The minimum atomic E-state index is -0.854. The molecule has 5 heteroatoms. The van der Waals surface area contributed by atoms with Crippen LogP contribution in [0, 0.1) is 23.2 Å². The monoisotopic (exact) mass is 298 g/mol. The number of urea groups is 1. The third-order valence-electron chi connectivity index (χ3n) is 4.50. The standard InChI is InChI=1S/C16H30N2O3/c1-10-6-7-13(11(10)2)18-15(21)17-9-12(14(19)20)8-16(3,4)5/h10-13H,6-9H2,1-5H3,(H,19,20)(H2,17,18,21). The number of aliphatic carboxylic acids is 1. The van der Waals surface area contributed by atoms with Crippen LogP contribution >= 0.6 is 0 Å². The van der Waals surface area contributed by atoms with Gasteiger partial charge in [-0.05, 0) is 36.5 Å². The summed E-state index contributed by atoms with van der Waals surface area (Å²) in [5, 5.41) is 14.9. The molecule has 0 heterocycles. The first-order valence-corrected chi connectivity index (χ1v) is 7.87. The van der Waals surface area contributed by atoms with E-state index in [1.54, 1.807) is 0 Å². The third-order valence-corrected chi connectivity index (χ3v) is 4.50. The lowest BCUT2D eigenvalue weighted by Crippen LogP contribution is -2.46. The van der Waals surface area contributed by atoms with Crippen molar-refractivity contribution in [3.05, 3.63) is 0 Å². The number of carbonyl (C=O) groups is 2. The number of carbonyl (C=O) groups excluding carboxylic acids is 1. The van der Waals surface area contributed by atoms with Crippen molar-refractivity contribution in [3.63, 3.8) is 0 Å². The van der Waals surface area contributed by atoms with Crippen LogP contribution in [0.15, 0.2) is 0 Å². The fraction of sp³-hybridized carbons (Fsp3) is 0.875. The number of hydrogen-bond acceptors (Lipinski definition) is 2. The smallest absolute Gasteiger partial charge is 0.315 e. The molecular formula is C16H30N2O3. The average molecular weight is 298 g/mol. The van der Waals surface area contributed by atoms with Crippen LogP contribution in [0.5, 0.6) is 0 Å². The zero-order chi connectivity index (χ0) is 16.2. The van der Waals surface area contributed by atoms with Gasteiger partial charge in [0.2, 0.25) is 0 Å². The molecule has 0 aromatic carbocycles. The summed E-state index contributed by atoms with van der Waals surface area (Å²) in [5.74, 6) is -0.299. The Labute approximate surface area is 127 Å². The lowest BCUT2D eigenvalue weighted by atomic mass is 9.84. The lowest BCUT2D eigenvalue weighted by molar-refractivity contribution is -0.142. The van der Waals surface area contributed by atoms with Crippen molar-refractivity contribution in [1.29, 1.82) is 0 Å².